The summed E-state index contributed by atoms with van der Waals surface area (Å²) in [7, 11) is 1.65. The van der Waals surface area contributed by atoms with E-state index in [2.05, 4.69) is 16.4 Å². The first-order chi connectivity index (χ1) is 6.42. The molecule has 1 heterocycles. The summed E-state index contributed by atoms with van der Waals surface area (Å²) in [5.41, 5.74) is 2.33. The Morgan fingerprint density at radius 2 is 2.23 bits per heavy atom. The predicted molar refractivity (Wildman–Crippen MR) is 51.7 cm³/mol. The summed E-state index contributed by atoms with van der Waals surface area (Å²) < 4.78 is 5.21. The number of methoxy groups -OCH3 is 1. The first-order valence-corrected chi connectivity index (χ1v) is 4.29. The zero-order valence-electron chi connectivity index (χ0n) is 7.58. The lowest BCUT2D eigenvalue weighted by atomic mass is 10.1. The molecule has 3 nitrogen and oxygen atoms in total. The third-order valence-corrected chi connectivity index (χ3v) is 2.09. The van der Waals surface area contributed by atoms with Crippen LogP contribution in [0.3, 0.4) is 0 Å². The van der Waals surface area contributed by atoms with Crippen LogP contribution in [-0.2, 0) is 11.3 Å². The molecule has 0 atom stereocenters. The van der Waals surface area contributed by atoms with E-state index >= 15 is 0 Å². The molecule has 13 heavy (non-hydrogen) atoms. The molecule has 0 fully saturated rings. The number of rotatable bonds is 0. The van der Waals surface area contributed by atoms with Gasteiger partial charge in [-0.25, -0.2) is 4.99 Å². The van der Waals surface area contributed by atoms with E-state index in [0.29, 0.717) is 6.67 Å². The number of hydrogen-bond acceptors (Lipinski definition) is 3. The molecule has 0 bridgehead atoms. The molecular formula is C10H12N2O. The third kappa shape index (κ3) is 1.55. The molecule has 1 aliphatic rings. The van der Waals surface area contributed by atoms with Gasteiger partial charge < -0.3 is 4.74 Å². The van der Waals surface area contributed by atoms with E-state index in [0.717, 1.165) is 18.0 Å². The normalized spacial score (nSPS) is 15.6. The number of aliphatic imine (C=N–C) groups is 1. The summed E-state index contributed by atoms with van der Waals surface area (Å²) in [6.45, 7) is 1.48. The molecule has 0 saturated carbocycles. The molecule has 1 aliphatic heterocycles. The van der Waals surface area contributed by atoms with E-state index < -0.39 is 0 Å². The number of benzene rings is 1. The van der Waals surface area contributed by atoms with Gasteiger partial charge in [-0.3, -0.25) is 5.32 Å². The van der Waals surface area contributed by atoms with Gasteiger partial charge in [-0.2, -0.15) is 0 Å². The van der Waals surface area contributed by atoms with Crippen LogP contribution in [0.5, 0.6) is 0 Å². The molecule has 1 aromatic carbocycles. The highest BCUT2D eigenvalue weighted by atomic mass is 16.5. The maximum Gasteiger partial charge on any atom is 0.217 e. The van der Waals surface area contributed by atoms with Crippen LogP contribution in [0.15, 0.2) is 29.3 Å². The summed E-state index contributed by atoms with van der Waals surface area (Å²) in [5.74, 6) is 0.723. The van der Waals surface area contributed by atoms with Crippen molar-refractivity contribution in [2.24, 2.45) is 4.99 Å². The smallest absolute Gasteiger partial charge is 0.217 e. The Balaban J connectivity index is 2.47. The van der Waals surface area contributed by atoms with Crippen LogP contribution in [0.25, 0.3) is 0 Å². The minimum absolute atomic E-state index is 0.623. The molecule has 0 saturated heterocycles. The number of nitrogens with one attached hydrogen (secondary N) is 1. The van der Waals surface area contributed by atoms with Gasteiger partial charge in [0.05, 0.1) is 13.8 Å². The van der Waals surface area contributed by atoms with Gasteiger partial charge in [0.25, 0.3) is 0 Å². The fraction of sp³-hybridized carbons (Fsp3) is 0.300. The monoisotopic (exact) mass is 176 g/mol. The molecule has 0 aromatic heterocycles. The van der Waals surface area contributed by atoms with E-state index in [4.69, 9.17) is 4.74 Å². The second-order valence-corrected chi connectivity index (χ2v) is 2.91. The summed E-state index contributed by atoms with van der Waals surface area (Å²) >= 11 is 0. The van der Waals surface area contributed by atoms with Gasteiger partial charge in [0.2, 0.25) is 5.90 Å². The van der Waals surface area contributed by atoms with E-state index in [1.807, 2.05) is 18.2 Å². The van der Waals surface area contributed by atoms with Gasteiger partial charge >= 0.3 is 0 Å². The zero-order chi connectivity index (χ0) is 9.10. The highest BCUT2D eigenvalue weighted by Crippen LogP contribution is 2.12. The molecule has 0 radical (unpaired) electrons. The molecule has 68 valence electrons. The molecule has 1 aromatic rings. The van der Waals surface area contributed by atoms with Crippen molar-refractivity contribution >= 4 is 5.90 Å². The van der Waals surface area contributed by atoms with E-state index in [1.54, 1.807) is 7.11 Å². The second kappa shape index (κ2) is 3.58. The van der Waals surface area contributed by atoms with Crippen molar-refractivity contribution in [3.63, 3.8) is 0 Å². The minimum atomic E-state index is 0.623. The van der Waals surface area contributed by atoms with Crippen LogP contribution in [0, 0.1) is 0 Å². The largest absolute Gasteiger partial charge is 0.481 e. The summed E-state index contributed by atoms with van der Waals surface area (Å²) in [5, 5.41) is 3.20. The van der Waals surface area contributed by atoms with Gasteiger partial charge in [-0.15, -0.1) is 0 Å². The number of nitrogens with zero attached hydrogens (tertiary/aromatic N) is 1. The van der Waals surface area contributed by atoms with Gasteiger partial charge in [0, 0.05) is 12.1 Å². The summed E-state index contributed by atoms with van der Waals surface area (Å²) in [4.78, 5) is 4.27. The topological polar surface area (TPSA) is 33.6 Å². The van der Waals surface area contributed by atoms with Crippen LogP contribution < -0.4 is 5.32 Å². The maximum atomic E-state index is 5.21. The average Bonchev–Trinajstić information content (AvgIpc) is 2.39. The fourth-order valence-corrected chi connectivity index (χ4v) is 1.46. The van der Waals surface area contributed by atoms with Crippen molar-refractivity contribution in [3.05, 3.63) is 35.4 Å². The lowest BCUT2D eigenvalue weighted by molar-refractivity contribution is 0.402. The lowest BCUT2D eigenvalue weighted by Gasteiger charge is -2.06. The highest BCUT2D eigenvalue weighted by molar-refractivity contribution is 5.95. The van der Waals surface area contributed by atoms with Crippen LogP contribution >= 0.6 is 0 Å². The molecule has 0 aliphatic carbocycles. The zero-order valence-corrected chi connectivity index (χ0v) is 7.58. The maximum absolute atomic E-state index is 5.21. The van der Waals surface area contributed by atoms with Gasteiger partial charge in [0.15, 0.2) is 0 Å². The molecule has 2 rings (SSSR count). The van der Waals surface area contributed by atoms with Gasteiger partial charge in [-0.1, -0.05) is 18.2 Å². The molecule has 0 unspecified atom stereocenters. The first kappa shape index (κ1) is 8.26. The van der Waals surface area contributed by atoms with Crippen LogP contribution in [0.1, 0.15) is 11.1 Å². The fourth-order valence-electron chi connectivity index (χ4n) is 1.46. The SMILES string of the molecule is COC1=NCNCc2ccccc21. The van der Waals surface area contributed by atoms with Crippen LogP contribution in [0.2, 0.25) is 0 Å². The summed E-state index contributed by atoms with van der Waals surface area (Å²) in [6.07, 6.45) is 0. The number of fused-ring (bicyclic) bond motifs is 1. The van der Waals surface area contributed by atoms with Crippen molar-refractivity contribution in [2.75, 3.05) is 13.8 Å². The van der Waals surface area contributed by atoms with Gasteiger partial charge in [-0.05, 0) is 11.6 Å². The lowest BCUT2D eigenvalue weighted by Crippen LogP contribution is -2.11. The van der Waals surface area contributed by atoms with Crippen molar-refractivity contribution in [1.82, 2.24) is 5.32 Å². The Kier molecular flexibility index (Phi) is 2.27. The predicted octanol–water partition coefficient (Wildman–Crippen LogP) is 1.14. The second-order valence-electron chi connectivity index (χ2n) is 2.91. The Morgan fingerprint density at radius 1 is 1.38 bits per heavy atom. The first-order valence-electron chi connectivity index (χ1n) is 4.29. The minimum Gasteiger partial charge on any atom is -0.481 e. The Bertz CT molecular complexity index is 333. The Hall–Kier alpha value is -1.35. The standard InChI is InChI=1S/C10H12N2O/c1-13-10-9-5-3-2-4-8(9)6-11-7-12-10/h2-5,11H,6-7H2,1H3. The molecule has 0 amide bonds. The van der Waals surface area contributed by atoms with Crippen molar-refractivity contribution in [3.8, 4) is 0 Å². The third-order valence-electron chi connectivity index (χ3n) is 2.09. The Morgan fingerprint density at radius 3 is 3.08 bits per heavy atom. The van der Waals surface area contributed by atoms with E-state index in [1.165, 1.54) is 5.56 Å². The molecule has 3 heteroatoms. The summed E-state index contributed by atoms with van der Waals surface area (Å²) in [6, 6.07) is 8.14. The van der Waals surface area contributed by atoms with E-state index in [9.17, 15) is 0 Å². The van der Waals surface area contributed by atoms with Crippen LogP contribution in [0.4, 0.5) is 0 Å². The number of hydrogen-bond donors (Lipinski definition) is 1. The van der Waals surface area contributed by atoms with E-state index in [-0.39, 0.29) is 0 Å². The van der Waals surface area contributed by atoms with Gasteiger partial charge in [0.1, 0.15) is 0 Å². The van der Waals surface area contributed by atoms with Crippen molar-refractivity contribution in [1.29, 1.82) is 0 Å². The van der Waals surface area contributed by atoms with Crippen molar-refractivity contribution in [2.45, 2.75) is 6.54 Å². The molecular weight excluding hydrogens is 164 g/mol. The molecule has 0 spiro atoms. The number of ether oxygens (including phenoxy) is 1. The molecule has 1 N–H and O–H groups in total. The quantitative estimate of drug-likeness (QED) is 0.643. The average molecular weight is 176 g/mol. The Labute approximate surface area is 77.4 Å². The highest BCUT2D eigenvalue weighted by Gasteiger charge is 2.11. The van der Waals surface area contributed by atoms with Crippen molar-refractivity contribution < 1.29 is 4.74 Å². The van der Waals surface area contributed by atoms with Crippen LogP contribution in [-0.4, -0.2) is 19.7 Å².